The SMILES string of the molecule is O=C(NCc1cccc(-c2cccc(C3OC(CN4CCC5(CC4)OCCO5)CC(c4ccc(CO)cc4)O3)c2)c1)c1c(F)c(F)c(F)c(F)c1F. The molecule has 1 amide bonds. The molecule has 0 aliphatic carbocycles. The Kier molecular flexibility index (Phi) is 10.7. The summed E-state index contributed by atoms with van der Waals surface area (Å²) >= 11 is 0. The fourth-order valence-electron chi connectivity index (χ4n) is 6.98. The van der Waals surface area contributed by atoms with Crippen LogP contribution >= 0.6 is 0 Å². The normalized spacial score (nSPS) is 21.8. The molecule has 3 unspecified atom stereocenters. The van der Waals surface area contributed by atoms with Gasteiger partial charge in [-0.3, -0.25) is 4.79 Å². The maximum Gasteiger partial charge on any atom is 0.257 e. The maximum absolute atomic E-state index is 14.2. The van der Waals surface area contributed by atoms with E-state index in [1.54, 1.807) is 18.2 Å². The fraction of sp³-hybridized carbons (Fsp3) is 0.359. The van der Waals surface area contributed by atoms with E-state index in [0.29, 0.717) is 31.7 Å². The molecule has 13 heteroatoms. The number of halogens is 5. The van der Waals surface area contributed by atoms with Crippen molar-refractivity contribution in [1.82, 2.24) is 10.2 Å². The number of hydrogen-bond acceptors (Lipinski definition) is 7. The molecule has 4 aromatic carbocycles. The molecule has 7 rings (SSSR count). The van der Waals surface area contributed by atoms with E-state index in [-0.39, 0.29) is 25.4 Å². The first-order valence-corrected chi connectivity index (χ1v) is 17.1. The Morgan fingerprint density at radius 3 is 2.08 bits per heavy atom. The van der Waals surface area contributed by atoms with Crippen molar-refractivity contribution in [3.63, 3.8) is 0 Å². The number of nitrogens with one attached hydrogen (secondary N) is 1. The average molecular weight is 725 g/mol. The molecule has 4 aromatic rings. The Morgan fingerprint density at radius 2 is 1.40 bits per heavy atom. The molecular formula is C39H37F5N2O6. The lowest BCUT2D eigenvalue weighted by atomic mass is 9.97. The quantitative estimate of drug-likeness (QED) is 0.111. The number of hydrogen-bond donors (Lipinski definition) is 2. The number of ether oxygens (including phenoxy) is 4. The van der Waals surface area contributed by atoms with Crippen LogP contribution in [0.4, 0.5) is 22.0 Å². The summed E-state index contributed by atoms with van der Waals surface area (Å²) in [6.07, 6.45) is 1.06. The second-order valence-electron chi connectivity index (χ2n) is 13.2. The summed E-state index contributed by atoms with van der Waals surface area (Å²) < 4.78 is 94.1. The number of nitrogens with zero attached hydrogens (tertiary/aromatic N) is 1. The van der Waals surface area contributed by atoms with Gasteiger partial charge in [-0.05, 0) is 39.9 Å². The van der Waals surface area contributed by atoms with Crippen LogP contribution < -0.4 is 5.32 Å². The summed E-state index contributed by atoms with van der Waals surface area (Å²) in [6.45, 7) is 3.26. The van der Waals surface area contributed by atoms with Gasteiger partial charge in [-0.2, -0.15) is 0 Å². The number of piperidine rings is 1. The largest absolute Gasteiger partial charge is 0.392 e. The molecule has 8 nitrogen and oxygen atoms in total. The molecule has 0 aromatic heterocycles. The Balaban J connectivity index is 1.07. The molecule has 3 atom stereocenters. The van der Waals surface area contributed by atoms with Gasteiger partial charge >= 0.3 is 0 Å². The smallest absolute Gasteiger partial charge is 0.257 e. The Hall–Kier alpha value is -4.24. The minimum absolute atomic E-state index is 0.0598. The van der Waals surface area contributed by atoms with E-state index in [9.17, 15) is 31.9 Å². The van der Waals surface area contributed by atoms with E-state index in [2.05, 4.69) is 10.2 Å². The van der Waals surface area contributed by atoms with E-state index in [1.807, 2.05) is 54.6 Å². The lowest BCUT2D eigenvalue weighted by molar-refractivity contribution is -0.255. The standard InChI is InChI=1S/C39H37F5N2O6/c40-32-31(33(41)35(43)36(44)34(32)42)37(48)45-20-24-3-1-4-26(17-24)27-5-2-6-28(18-27)38-51-29(19-30(52-38)25-9-7-23(22-47)8-10-25)21-46-13-11-39(12-14-46)49-15-16-50-39/h1-10,17-18,29-30,38,47H,11-16,19-22H2,(H,45,48). The molecule has 3 saturated heterocycles. The zero-order valence-electron chi connectivity index (χ0n) is 28.1. The summed E-state index contributed by atoms with van der Waals surface area (Å²) in [5.74, 6) is -13.0. The van der Waals surface area contributed by atoms with Crippen LogP contribution in [-0.4, -0.2) is 60.7 Å². The maximum atomic E-state index is 14.2. The first-order chi connectivity index (χ1) is 25.1. The van der Waals surface area contributed by atoms with Crippen LogP contribution in [0.1, 0.15) is 64.3 Å². The van der Waals surface area contributed by atoms with Gasteiger partial charge in [-0.25, -0.2) is 22.0 Å². The number of aliphatic hydroxyl groups is 1. The van der Waals surface area contributed by atoms with Crippen molar-refractivity contribution >= 4 is 5.91 Å². The molecule has 2 N–H and O–H groups in total. The van der Waals surface area contributed by atoms with Gasteiger partial charge < -0.3 is 34.3 Å². The van der Waals surface area contributed by atoms with Gasteiger partial charge in [0.05, 0.1) is 32.0 Å². The average Bonchev–Trinajstić information content (AvgIpc) is 3.64. The molecule has 3 aliphatic rings. The zero-order chi connectivity index (χ0) is 36.4. The number of carbonyl (C=O) groups excluding carboxylic acids is 1. The van der Waals surface area contributed by atoms with Crippen LogP contribution in [0, 0.1) is 29.1 Å². The monoisotopic (exact) mass is 724 g/mol. The van der Waals surface area contributed by atoms with Crippen molar-refractivity contribution in [2.45, 2.75) is 56.7 Å². The summed E-state index contributed by atoms with van der Waals surface area (Å²) in [7, 11) is 0. The van der Waals surface area contributed by atoms with Crippen LogP contribution in [0.15, 0.2) is 72.8 Å². The minimum atomic E-state index is -2.33. The summed E-state index contributed by atoms with van der Waals surface area (Å²) in [5.41, 5.74) is 3.05. The van der Waals surface area contributed by atoms with Gasteiger partial charge in [-0.1, -0.05) is 60.7 Å². The van der Waals surface area contributed by atoms with E-state index in [1.165, 1.54) is 0 Å². The Bertz CT molecular complexity index is 1880. The molecule has 3 aliphatic heterocycles. The number of likely N-dealkylation sites (tertiary alicyclic amines) is 1. The topological polar surface area (TPSA) is 89.5 Å². The van der Waals surface area contributed by atoms with Crippen molar-refractivity contribution in [2.24, 2.45) is 0 Å². The first-order valence-electron chi connectivity index (χ1n) is 17.1. The van der Waals surface area contributed by atoms with Crippen LogP contribution in [0.25, 0.3) is 11.1 Å². The van der Waals surface area contributed by atoms with Gasteiger partial charge in [0.25, 0.3) is 5.91 Å². The molecule has 3 heterocycles. The van der Waals surface area contributed by atoms with Gasteiger partial charge in [0.15, 0.2) is 35.3 Å². The third-order valence-corrected chi connectivity index (χ3v) is 9.82. The first kappa shape index (κ1) is 36.1. The van der Waals surface area contributed by atoms with Crippen molar-refractivity contribution in [1.29, 1.82) is 0 Å². The van der Waals surface area contributed by atoms with Gasteiger partial charge in [0.2, 0.25) is 5.82 Å². The molecule has 3 fully saturated rings. The van der Waals surface area contributed by atoms with Crippen LogP contribution in [-0.2, 0) is 32.1 Å². The van der Waals surface area contributed by atoms with Crippen molar-refractivity contribution in [3.8, 4) is 11.1 Å². The molecule has 0 radical (unpaired) electrons. The highest BCUT2D eigenvalue weighted by Gasteiger charge is 2.41. The van der Waals surface area contributed by atoms with Gasteiger partial charge in [0, 0.05) is 51.0 Å². The number of aliphatic hydroxyl groups excluding tert-OH is 1. The zero-order valence-corrected chi connectivity index (χ0v) is 28.1. The highest BCUT2D eigenvalue weighted by Crippen LogP contribution is 2.40. The van der Waals surface area contributed by atoms with Crippen molar-refractivity contribution < 1.29 is 50.8 Å². The van der Waals surface area contributed by atoms with Crippen LogP contribution in [0.3, 0.4) is 0 Å². The molecule has 274 valence electrons. The lowest BCUT2D eigenvalue weighted by Gasteiger charge is -2.41. The van der Waals surface area contributed by atoms with Crippen molar-refractivity contribution in [2.75, 3.05) is 32.8 Å². The van der Waals surface area contributed by atoms with Crippen molar-refractivity contribution in [3.05, 3.63) is 130 Å². The van der Waals surface area contributed by atoms with E-state index in [4.69, 9.17) is 18.9 Å². The van der Waals surface area contributed by atoms with E-state index >= 15 is 0 Å². The van der Waals surface area contributed by atoms with E-state index < -0.39 is 52.6 Å². The van der Waals surface area contributed by atoms with Crippen LogP contribution in [0.5, 0.6) is 0 Å². The summed E-state index contributed by atoms with van der Waals surface area (Å²) in [4.78, 5) is 14.9. The Morgan fingerprint density at radius 1 is 0.769 bits per heavy atom. The predicted octanol–water partition coefficient (Wildman–Crippen LogP) is 6.86. The highest BCUT2D eigenvalue weighted by molar-refractivity contribution is 5.94. The second kappa shape index (κ2) is 15.4. The van der Waals surface area contributed by atoms with E-state index in [0.717, 1.165) is 53.7 Å². The van der Waals surface area contributed by atoms with Gasteiger partial charge in [0.1, 0.15) is 5.56 Å². The molecule has 0 saturated carbocycles. The fourth-order valence-corrected chi connectivity index (χ4v) is 6.98. The molecule has 52 heavy (non-hydrogen) atoms. The van der Waals surface area contributed by atoms with Crippen LogP contribution in [0.2, 0.25) is 0 Å². The third-order valence-electron chi connectivity index (χ3n) is 9.82. The highest BCUT2D eigenvalue weighted by atomic mass is 19.2. The number of carbonyl (C=O) groups is 1. The third kappa shape index (κ3) is 7.61. The summed E-state index contributed by atoms with van der Waals surface area (Å²) in [5, 5.41) is 11.8. The predicted molar refractivity (Wildman–Crippen MR) is 178 cm³/mol. The number of benzene rings is 4. The minimum Gasteiger partial charge on any atom is -0.392 e. The number of amides is 1. The summed E-state index contributed by atoms with van der Waals surface area (Å²) in [6, 6.07) is 22.2. The number of rotatable bonds is 9. The molecule has 0 bridgehead atoms. The Labute approximate surface area is 297 Å². The van der Waals surface area contributed by atoms with Gasteiger partial charge in [-0.15, -0.1) is 0 Å². The second-order valence-corrected chi connectivity index (χ2v) is 13.2. The molecule has 1 spiro atoms. The molecular weight excluding hydrogens is 687 g/mol. The lowest BCUT2D eigenvalue weighted by Crippen LogP contribution is -2.48.